The molecule has 1 saturated heterocycles. The van der Waals surface area contributed by atoms with Crippen molar-refractivity contribution in [2.45, 2.75) is 50.4 Å². The van der Waals surface area contributed by atoms with Crippen molar-refractivity contribution in [1.82, 2.24) is 15.5 Å². The predicted octanol–water partition coefficient (Wildman–Crippen LogP) is 4.22. The maximum absolute atomic E-state index is 15.1. The van der Waals surface area contributed by atoms with Gasteiger partial charge in [0.15, 0.2) is 5.67 Å². The lowest BCUT2D eigenvalue weighted by atomic mass is 9.82. The number of rotatable bonds is 8. The summed E-state index contributed by atoms with van der Waals surface area (Å²) in [6.07, 6.45) is -0.495. The van der Waals surface area contributed by atoms with E-state index in [1.807, 2.05) is 24.3 Å². The molecular weight excluding hydrogens is 560 g/mol. The predicted molar refractivity (Wildman–Crippen MR) is 158 cm³/mol. The van der Waals surface area contributed by atoms with E-state index < -0.39 is 61.7 Å². The molecule has 1 aromatic heterocycles. The minimum atomic E-state index is -2.37. The Hall–Kier alpha value is -4.12. The molecule has 1 aliphatic carbocycles. The number of carbonyl (C=O) groups is 3. The maximum Gasteiger partial charge on any atom is 0.251 e. The van der Waals surface area contributed by atoms with E-state index in [4.69, 9.17) is 11.1 Å². The maximum atomic E-state index is 15.1. The summed E-state index contributed by atoms with van der Waals surface area (Å²) in [6, 6.07) is 13.4. The Balaban J connectivity index is 1.27. The van der Waals surface area contributed by atoms with Crippen molar-refractivity contribution in [1.29, 1.82) is 5.41 Å². The van der Waals surface area contributed by atoms with Gasteiger partial charge in [-0.1, -0.05) is 44.2 Å². The molecule has 42 heavy (non-hydrogen) atoms. The first-order chi connectivity index (χ1) is 19.8. The summed E-state index contributed by atoms with van der Waals surface area (Å²) in [7, 11) is 0. The van der Waals surface area contributed by atoms with Crippen LogP contribution >= 0.6 is 11.3 Å². The van der Waals surface area contributed by atoms with Crippen LogP contribution in [0.5, 0.6) is 0 Å². The van der Waals surface area contributed by atoms with Gasteiger partial charge < -0.3 is 21.3 Å². The lowest BCUT2D eigenvalue weighted by molar-refractivity contribution is -0.138. The van der Waals surface area contributed by atoms with E-state index in [1.54, 1.807) is 30.5 Å². The van der Waals surface area contributed by atoms with Gasteiger partial charge in [0.25, 0.3) is 5.91 Å². The van der Waals surface area contributed by atoms with Gasteiger partial charge in [-0.2, -0.15) is 0 Å². The molecule has 1 aliphatic heterocycles. The zero-order valence-corrected chi connectivity index (χ0v) is 24.4. The first-order valence-electron chi connectivity index (χ1n) is 13.6. The van der Waals surface area contributed by atoms with E-state index in [9.17, 15) is 18.8 Å². The molecule has 0 unspecified atom stereocenters. The number of alkyl halides is 2. The number of nitrogen functional groups attached to an aromatic ring is 1. The second-order valence-electron chi connectivity index (χ2n) is 11.5. The highest BCUT2D eigenvalue weighted by Gasteiger charge is 2.49. The number of amidine groups is 1. The van der Waals surface area contributed by atoms with Gasteiger partial charge >= 0.3 is 0 Å². The molecule has 3 amide bonds. The normalized spacial score (nSPS) is 20.9. The number of hydrogen-bond acceptors (Lipinski definition) is 5. The van der Waals surface area contributed by atoms with Gasteiger partial charge in [-0.05, 0) is 47.4 Å². The summed E-state index contributed by atoms with van der Waals surface area (Å²) in [5, 5.41) is 14.6. The van der Waals surface area contributed by atoms with E-state index in [1.165, 1.54) is 16.9 Å². The van der Waals surface area contributed by atoms with Crippen LogP contribution in [0.2, 0.25) is 0 Å². The summed E-state index contributed by atoms with van der Waals surface area (Å²) in [6.45, 7) is 3.55. The highest BCUT2D eigenvalue weighted by atomic mass is 32.1. The fourth-order valence-corrected chi connectivity index (χ4v) is 6.77. The number of nitrogens with one attached hydrogen (secondary N) is 3. The van der Waals surface area contributed by atoms with Gasteiger partial charge in [0, 0.05) is 33.2 Å². The van der Waals surface area contributed by atoms with Crippen molar-refractivity contribution in [3.63, 3.8) is 0 Å². The topological polar surface area (TPSA) is 128 Å². The molecule has 0 radical (unpaired) electrons. The van der Waals surface area contributed by atoms with E-state index in [0.717, 1.165) is 21.6 Å². The summed E-state index contributed by atoms with van der Waals surface area (Å²) in [5.41, 5.74) is 8.08. The Morgan fingerprint density at radius 1 is 1.12 bits per heavy atom. The Labute approximate surface area is 246 Å². The molecule has 2 aromatic carbocycles. The fourth-order valence-electron chi connectivity index (χ4n) is 5.85. The standard InChI is InChI=1S/C31H33F2N5O3S/c1-17(25-11-19(14-42-25)27(34)35)37-29(41)24-12-31(33,15-32)16-38(24)26(39)13-36-28(40)18-8-9-23-21(10-18)20-6-4-5-7-22(20)30(23,2)3/h4-11,14,17,24H,12-13,15-16H2,1-3H3,(H3,34,35)(H,36,40)(H,37,41)/t17-,24+,31+/m1/s1. The van der Waals surface area contributed by atoms with Crippen molar-refractivity contribution in [2.75, 3.05) is 19.8 Å². The fraction of sp³-hybridized carbons (Fsp3) is 0.355. The van der Waals surface area contributed by atoms with Crippen LogP contribution in [0, 0.1) is 5.41 Å². The first-order valence-corrected chi connectivity index (χ1v) is 14.5. The molecule has 0 bridgehead atoms. The van der Waals surface area contributed by atoms with Gasteiger partial charge in [0.2, 0.25) is 11.8 Å². The van der Waals surface area contributed by atoms with E-state index in [0.29, 0.717) is 16.0 Å². The van der Waals surface area contributed by atoms with Gasteiger partial charge in [0.1, 0.15) is 18.6 Å². The van der Waals surface area contributed by atoms with Crippen LogP contribution in [0.4, 0.5) is 8.78 Å². The molecule has 8 nitrogen and oxygen atoms in total. The second kappa shape index (κ2) is 10.9. The Kier molecular flexibility index (Phi) is 7.65. The summed E-state index contributed by atoms with van der Waals surface area (Å²) >= 11 is 1.30. The zero-order chi connectivity index (χ0) is 30.4. The number of nitrogens with two attached hydrogens (primary N) is 1. The number of carbonyl (C=O) groups excluding carboxylic acids is 3. The summed E-state index contributed by atoms with van der Waals surface area (Å²) < 4.78 is 28.7. The van der Waals surface area contributed by atoms with Crippen molar-refractivity contribution >= 4 is 34.9 Å². The van der Waals surface area contributed by atoms with E-state index in [-0.39, 0.29) is 11.3 Å². The molecule has 5 rings (SSSR count). The third kappa shape index (κ3) is 5.29. The number of hydrogen-bond donors (Lipinski definition) is 4. The van der Waals surface area contributed by atoms with Crippen LogP contribution in [0.25, 0.3) is 11.1 Å². The molecule has 11 heteroatoms. The molecular formula is C31H33F2N5O3S. The minimum Gasteiger partial charge on any atom is -0.384 e. The van der Waals surface area contributed by atoms with Crippen molar-refractivity contribution in [3.8, 4) is 11.1 Å². The second-order valence-corrected chi connectivity index (χ2v) is 12.5. The molecule has 0 spiro atoms. The number of benzene rings is 2. The van der Waals surface area contributed by atoms with Crippen molar-refractivity contribution in [2.24, 2.45) is 5.73 Å². The first kappa shape index (κ1) is 29.4. The number of halogens is 2. The molecule has 3 atom stereocenters. The number of amides is 3. The van der Waals surface area contributed by atoms with E-state index in [2.05, 4.69) is 30.5 Å². The molecule has 2 heterocycles. The van der Waals surface area contributed by atoms with Crippen molar-refractivity contribution < 1.29 is 23.2 Å². The van der Waals surface area contributed by atoms with Crippen LogP contribution in [0.15, 0.2) is 53.9 Å². The minimum absolute atomic E-state index is 0.107. The van der Waals surface area contributed by atoms with Crippen LogP contribution in [0.3, 0.4) is 0 Å². The molecule has 220 valence electrons. The van der Waals surface area contributed by atoms with Crippen LogP contribution < -0.4 is 16.4 Å². The van der Waals surface area contributed by atoms with Crippen LogP contribution in [-0.4, -0.2) is 59.9 Å². The monoisotopic (exact) mass is 593 g/mol. The molecule has 0 saturated carbocycles. The SMILES string of the molecule is C[C@@H](NC(=O)[C@@H]1C[C@](F)(CF)CN1C(=O)CNC(=O)c1ccc2c(c1)-c1ccccc1C2(C)C)c1cc(C(=N)N)cs1. The number of likely N-dealkylation sites (tertiary alicyclic amines) is 1. The number of nitrogens with zero attached hydrogens (tertiary/aromatic N) is 1. The van der Waals surface area contributed by atoms with Gasteiger partial charge in [-0.3, -0.25) is 19.8 Å². The Morgan fingerprint density at radius 3 is 2.52 bits per heavy atom. The zero-order valence-electron chi connectivity index (χ0n) is 23.6. The van der Waals surface area contributed by atoms with Gasteiger partial charge in [0.05, 0.1) is 19.1 Å². The number of fused-ring (bicyclic) bond motifs is 3. The molecule has 5 N–H and O–H groups in total. The van der Waals surface area contributed by atoms with Crippen LogP contribution in [-0.2, 0) is 15.0 Å². The van der Waals surface area contributed by atoms with E-state index >= 15 is 4.39 Å². The smallest absolute Gasteiger partial charge is 0.251 e. The quantitative estimate of drug-likeness (QED) is 0.230. The summed E-state index contributed by atoms with van der Waals surface area (Å²) in [4.78, 5) is 41.1. The van der Waals surface area contributed by atoms with Gasteiger partial charge in [-0.25, -0.2) is 8.78 Å². The molecule has 2 aliphatic rings. The highest BCUT2D eigenvalue weighted by molar-refractivity contribution is 7.10. The lowest BCUT2D eigenvalue weighted by Crippen LogP contribution is -2.49. The molecule has 1 fully saturated rings. The average molecular weight is 594 g/mol. The third-order valence-electron chi connectivity index (χ3n) is 8.21. The number of thiophene rings is 1. The lowest BCUT2D eigenvalue weighted by Gasteiger charge is -2.25. The largest absolute Gasteiger partial charge is 0.384 e. The van der Waals surface area contributed by atoms with Gasteiger partial charge in [-0.15, -0.1) is 11.3 Å². The average Bonchev–Trinajstić information content (AvgIpc) is 3.66. The van der Waals surface area contributed by atoms with Crippen LogP contribution in [0.1, 0.15) is 65.2 Å². The Bertz CT molecular complexity index is 1590. The summed E-state index contributed by atoms with van der Waals surface area (Å²) in [5.74, 6) is -1.91. The molecule has 3 aromatic rings. The Morgan fingerprint density at radius 2 is 1.83 bits per heavy atom. The third-order valence-corrected chi connectivity index (χ3v) is 9.33. The van der Waals surface area contributed by atoms with Crippen molar-refractivity contribution in [3.05, 3.63) is 81.0 Å². The highest BCUT2D eigenvalue weighted by Crippen LogP contribution is 2.48.